The number of aryl methyl sites for hydroxylation is 2. The van der Waals surface area contributed by atoms with Crippen LogP contribution in [-0.2, 0) is 33.9 Å². The number of fused-ring (bicyclic) bond motifs is 1. The van der Waals surface area contributed by atoms with Gasteiger partial charge in [-0.15, -0.1) is 0 Å². The molecule has 0 aliphatic carbocycles. The van der Waals surface area contributed by atoms with E-state index in [-0.39, 0.29) is 17.9 Å². The van der Waals surface area contributed by atoms with Gasteiger partial charge in [0.05, 0.1) is 21.7 Å². The second kappa shape index (κ2) is 8.19. The zero-order valence-electron chi connectivity index (χ0n) is 15.4. The average molecular weight is 403 g/mol. The highest BCUT2D eigenvalue weighted by Crippen LogP contribution is 2.18. The maximum Gasteiger partial charge on any atom is 0.249 e. The Kier molecular flexibility index (Phi) is 5.92. The van der Waals surface area contributed by atoms with Crippen LogP contribution in [0.2, 0.25) is 0 Å². The molecule has 5 nitrogen and oxygen atoms in total. The molecule has 0 aliphatic heterocycles. The molecule has 0 spiro atoms. The number of carbonyl (C=O) groups is 1. The van der Waals surface area contributed by atoms with Crippen molar-refractivity contribution in [2.75, 3.05) is 5.75 Å². The van der Waals surface area contributed by atoms with Crippen LogP contribution in [0.4, 0.5) is 0 Å². The summed E-state index contributed by atoms with van der Waals surface area (Å²) in [6, 6.07) is 15.2. The predicted octanol–water partition coefficient (Wildman–Crippen LogP) is 3.23. The largest absolute Gasteiger partial charge is 0.319 e. The van der Waals surface area contributed by atoms with Crippen molar-refractivity contribution in [2.45, 2.75) is 25.5 Å². The Morgan fingerprint density at radius 3 is 2.56 bits per heavy atom. The molecule has 0 bridgehead atoms. The number of thiazole rings is 1. The third-order valence-electron chi connectivity index (χ3n) is 4.36. The first-order valence-corrected chi connectivity index (χ1v) is 11.4. The molecular weight excluding hydrogens is 380 g/mol. The van der Waals surface area contributed by atoms with Crippen molar-refractivity contribution in [3.8, 4) is 0 Å². The van der Waals surface area contributed by atoms with Crippen LogP contribution < -0.4 is 4.80 Å². The minimum absolute atomic E-state index is 0.0580. The Morgan fingerprint density at radius 1 is 1.11 bits per heavy atom. The monoisotopic (exact) mass is 402 g/mol. The normalized spacial score (nSPS) is 12.6. The highest BCUT2D eigenvalue weighted by Gasteiger charge is 2.14. The number of rotatable bonds is 6. The van der Waals surface area contributed by atoms with Crippen LogP contribution in [0.15, 0.2) is 53.5 Å². The predicted molar refractivity (Wildman–Crippen MR) is 109 cm³/mol. The molecule has 1 aromatic heterocycles. The minimum atomic E-state index is -3.35. The van der Waals surface area contributed by atoms with E-state index in [1.54, 1.807) is 24.3 Å². The summed E-state index contributed by atoms with van der Waals surface area (Å²) in [6.45, 7) is 2.10. The molecule has 0 saturated heterocycles. The fraction of sp³-hybridized carbons (Fsp3) is 0.300. The van der Waals surface area contributed by atoms with Gasteiger partial charge in [-0.25, -0.2) is 8.42 Å². The molecule has 1 heterocycles. The van der Waals surface area contributed by atoms with Crippen molar-refractivity contribution in [2.24, 2.45) is 12.0 Å². The molecule has 2 aromatic carbocycles. The number of amides is 1. The van der Waals surface area contributed by atoms with E-state index in [4.69, 9.17) is 0 Å². The number of benzene rings is 2. The summed E-state index contributed by atoms with van der Waals surface area (Å²) in [7, 11) is -1.49. The van der Waals surface area contributed by atoms with Gasteiger partial charge in [0.15, 0.2) is 14.6 Å². The number of carbonyl (C=O) groups excluding carboxylic acids is 1. The van der Waals surface area contributed by atoms with Crippen LogP contribution in [0.1, 0.15) is 24.5 Å². The molecule has 0 fully saturated rings. The molecule has 142 valence electrons. The van der Waals surface area contributed by atoms with Gasteiger partial charge in [-0.1, -0.05) is 54.7 Å². The Morgan fingerprint density at radius 2 is 1.85 bits per heavy atom. The van der Waals surface area contributed by atoms with Crippen molar-refractivity contribution < 1.29 is 13.2 Å². The lowest BCUT2D eigenvalue weighted by molar-refractivity contribution is -0.117. The fourth-order valence-corrected chi connectivity index (χ4v) is 5.24. The van der Waals surface area contributed by atoms with Crippen molar-refractivity contribution in [1.82, 2.24) is 4.57 Å². The molecule has 3 aromatic rings. The molecule has 1 amide bonds. The van der Waals surface area contributed by atoms with Gasteiger partial charge in [0.1, 0.15) is 0 Å². The second-order valence-electron chi connectivity index (χ2n) is 6.43. The standard InChI is InChI=1S/C20H22N2O3S2/c1-3-15-9-10-17-18(13-15)26-20(22(17)2)21-19(23)11-12-27(24,25)14-16-7-5-4-6-8-16/h4-10,13H,3,11-12,14H2,1-2H3. The van der Waals surface area contributed by atoms with Crippen LogP contribution in [0.5, 0.6) is 0 Å². The summed E-state index contributed by atoms with van der Waals surface area (Å²) in [4.78, 5) is 17.0. The van der Waals surface area contributed by atoms with E-state index in [2.05, 4.69) is 24.0 Å². The van der Waals surface area contributed by atoms with Crippen LogP contribution in [0, 0.1) is 0 Å². The average Bonchev–Trinajstić information content (AvgIpc) is 2.95. The Labute approximate surface area is 162 Å². The minimum Gasteiger partial charge on any atom is -0.319 e. The molecule has 3 rings (SSSR count). The van der Waals surface area contributed by atoms with Crippen molar-refractivity contribution in [1.29, 1.82) is 0 Å². The molecular formula is C20H22N2O3S2. The van der Waals surface area contributed by atoms with Gasteiger partial charge in [-0.05, 0) is 29.7 Å². The molecule has 0 atom stereocenters. The summed E-state index contributed by atoms with van der Waals surface area (Å²) in [5, 5.41) is 0. The molecule has 0 saturated carbocycles. The number of aromatic nitrogens is 1. The first kappa shape index (κ1) is 19.5. The number of hydrogen-bond donors (Lipinski definition) is 0. The van der Waals surface area contributed by atoms with Gasteiger partial charge >= 0.3 is 0 Å². The van der Waals surface area contributed by atoms with Gasteiger partial charge in [0.25, 0.3) is 0 Å². The molecule has 0 unspecified atom stereocenters. The Balaban J connectivity index is 1.73. The topological polar surface area (TPSA) is 68.5 Å². The van der Waals surface area contributed by atoms with E-state index in [0.29, 0.717) is 4.80 Å². The summed E-state index contributed by atoms with van der Waals surface area (Å²) < 4.78 is 27.4. The van der Waals surface area contributed by atoms with E-state index in [1.807, 2.05) is 23.7 Å². The third kappa shape index (κ3) is 4.93. The summed E-state index contributed by atoms with van der Waals surface area (Å²) in [5.74, 6) is -0.666. The first-order valence-electron chi connectivity index (χ1n) is 8.78. The molecule has 0 radical (unpaired) electrons. The van der Waals surface area contributed by atoms with E-state index < -0.39 is 15.7 Å². The van der Waals surface area contributed by atoms with Crippen molar-refractivity contribution in [3.05, 3.63) is 64.5 Å². The number of hydrogen-bond acceptors (Lipinski definition) is 4. The number of sulfone groups is 1. The van der Waals surface area contributed by atoms with E-state index in [9.17, 15) is 13.2 Å². The maximum atomic E-state index is 12.2. The quantitative estimate of drug-likeness (QED) is 0.636. The molecule has 0 aliphatic rings. The zero-order chi connectivity index (χ0) is 19.4. The van der Waals surface area contributed by atoms with Crippen molar-refractivity contribution in [3.63, 3.8) is 0 Å². The molecule has 0 N–H and O–H groups in total. The first-order chi connectivity index (χ1) is 12.9. The van der Waals surface area contributed by atoms with Crippen LogP contribution in [-0.4, -0.2) is 24.6 Å². The lowest BCUT2D eigenvalue weighted by Crippen LogP contribution is -2.16. The van der Waals surface area contributed by atoms with Crippen LogP contribution in [0.3, 0.4) is 0 Å². The summed E-state index contributed by atoms with van der Waals surface area (Å²) in [5.41, 5.74) is 2.97. The highest BCUT2D eigenvalue weighted by atomic mass is 32.2. The van der Waals surface area contributed by atoms with Gasteiger partial charge in [0, 0.05) is 13.5 Å². The summed E-state index contributed by atoms with van der Waals surface area (Å²) >= 11 is 1.44. The Bertz CT molecular complexity index is 1130. The lowest BCUT2D eigenvalue weighted by Gasteiger charge is -2.03. The smallest absolute Gasteiger partial charge is 0.249 e. The van der Waals surface area contributed by atoms with Gasteiger partial charge in [0.2, 0.25) is 5.91 Å². The maximum absolute atomic E-state index is 12.2. The van der Waals surface area contributed by atoms with Gasteiger partial charge in [-0.3, -0.25) is 4.79 Å². The zero-order valence-corrected chi connectivity index (χ0v) is 17.0. The third-order valence-corrected chi connectivity index (χ3v) is 7.05. The van der Waals surface area contributed by atoms with E-state index in [0.717, 1.165) is 22.2 Å². The molecule has 27 heavy (non-hydrogen) atoms. The Hall–Kier alpha value is -2.25. The van der Waals surface area contributed by atoms with E-state index >= 15 is 0 Å². The second-order valence-corrected chi connectivity index (χ2v) is 9.63. The lowest BCUT2D eigenvalue weighted by atomic mass is 10.2. The highest BCUT2D eigenvalue weighted by molar-refractivity contribution is 7.90. The molecule has 7 heteroatoms. The SMILES string of the molecule is CCc1ccc2c(c1)sc(=NC(=O)CCS(=O)(=O)Cc1ccccc1)n2C. The number of nitrogens with zero attached hydrogens (tertiary/aromatic N) is 2. The van der Waals surface area contributed by atoms with E-state index in [1.165, 1.54) is 16.9 Å². The fourth-order valence-electron chi connectivity index (χ4n) is 2.81. The summed E-state index contributed by atoms with van der Waals surface area (Å²) in [6.07, 6.45) is 0.839. The van der Waals surface area contributed by atoms with Gasteiger partial charge in [-0.2, -0.15) is 4.99 Å². The van der Waals surface area contributed by atoms with Crippen LogP contribution >= 0.6 is 11.3 Å². The van der Waals surface area contributed by atoms with Gasteiger partial charge < -0.3 is 4.57 Å². The van der Waals surface area contributed by atoms with Crippen molar-refractivity contribution >= 4 is 37.3 Å². The van der Waals surface area contributed by atoms with Crippen LogP contribution in [0.25, 0.3) is 10.2 Å².